The minimum Gasteiger partial charge on any atom is -0.345 e. The van der Waals surface area contributed by atoms with Crippen LogP contribution in [0.2, 0.25) is 0 Å². The first-order valence-corrected chi connectivity index (χ1v) is 11.0. The van der Waals surface area contributed by atoms with Crippen molar-refractivity contribution in [2.45, 2.75) is 45.5 Å². The number of anilines is 1. The molecule has 9 heteroatoms. The van der Waals surface area contributed by atoms with Crippen LogP contribution >= 0.6 is 0 Å². The van der Waals surface area contributed by atoms with E-state index < -0.39 is 29.4 Å². The van der Waals surface area contributed by atoms with E-state index in [0.29, 0.717) is 12.1 Å². The molecule has 0 fully saturated rings. The zero-order valence-corrected chi connectivity index (χ0v) is 18.7. The lowest BCUT2D eigenvalue weighted by Gasteiger charge is -2.24. The molecule has 3 rings (SSSR count). The number of hydrogen-bond donors (Lipinski definition) is 1. The predicted molar refractivity (Wildman–Crippen MR) is 120 cm³/mol. The van der Waals surface area contributed by atoms with E-state index in [1.165, 1.54) is 12.1 Å². The number of unbranched alkanes of at least 4 members (excludes halogenated alkanes) is 2. The fraction of sp³-hybridized carbons (Fsp3) is 0.320. The van der Waals surface area contributed by atoms with Gasteiger partial charge in [0, 0.05) is 36.7 Å². The topological polar surface area (TPSA) is 37.3 Å². The van der Waals surface area contributed by atoms with Crippen LogP contribution in [-0.2, 0) is 19.3 Å². The average Bonchev–Trinajstić information content (AvgIpc) is 3.21. The highest BCUT2D eigenvalue weighted by Crippen LogP contribution is 2.29. The van der Waals surface area contributed by atoms with Crippen molar-refractivity contribution in [3.63, 3.8) is 0 Å². The Hall–Kier alpha value is -3.36. The molecule has 0 spiro atoms. The molecule has 0 aliphatic heterocycles. The number of amides is 2. The van der Waals surface area contributed by atoms with Crippen molar-refractivity contribution in [2.75, 3.05) is 11.9 Å². The molecule has 1 N–H and O–H groups in total. The molecule has 0 bridgehead atoms. The summed E-state index contributed by atoms with van der Waals surface area (Å²) in [6.07, 6.45) is -0.0859. The van der Waals surface area contributed by atoms with E-state index in [4.69, 9.17) is 0 Å². The Morgan fingerprint density at radius 3 is 2.50 bits per heavy atom. The molecular formula is C25H26F5N3O. The van der Waals surface area contributed by atoms with Gasteiger partial charge in [-0.2, -0.15) is 13.2 Å². The summed E-state index contributed by atoms with van der Waals surface area (Å²) in [6, 6.07) is 11.3. The molecule has 0 radical (unpaired) electrons. The number of rotatable bonds is 9. The number of alkyl halides is 3. The van der Waals surface area contributed by atoms with Crippen LogP contribution in [0.3, 0.4) is 0 Å². The van der Waals surface area contributed by atoms with Crippen LogP contribution in [-0.4, -0.2) is 22.0 Å². The first-order chi connectivity index (χ1) is 16.2. The second kappa shape index (κ2) is 11.2. The van der Waals surface area contributed by atoms with E-state index >= 15 is 0 Å². The van der Waals surface area contributed by atoms with Gasteiger partial charge in [0.1, 0.15) is 0 Å². The normalized spacial score (nSPS) is 11.5. The highest BCUT2D eigenvalue weighted by Gasteiger charge is 2.30. The van der Waals surface area contributed by atoms with Crippen molar-refractivity contribution in [3.05, 3.63) is 89.2 Å². The summed E-state index contributed by atoms with van der Waals surface area (Å²) in [6.45, 7) is 2.87. The van der Waals surface area contributed by atoms with Crippen LogP contribution in [0.1, 0.15) is 43.0 Å². The number of carbonyl (C=O) groups is 1. The van der Waals surface area contributed by atoms with Crippen molar-refractivity contribution in [1.82, 2.24) is 9.47 Å². The molecule has 2 amide bonds. The van der Waals surface area contributed by atoms with Gasteiger partial charge in [0.05, 0.1) is 12.1 Å². The summed E-state index contributed by atoms with van der Waals surface area (Å²) < 4.78 is 67.7. The van der Waals surface area contributed by atoms with E-state index in [2.05, 4.69) is 5.32 Å². The molecule has 182 valence electrons. The lowest BCUT2D eigenvalue weighted by atomic mass is 10.1. The summed E-state index contributed by atoms with van der Waals surface area (Å²) in [5.41, 5.74) is 0.625. The number of nitrogens with zero attached hydrogens (tertiary/aromatic N) is 2. The smallest absolute Gasteiger partial charge is 0.345 e. The van der Waals surface area contributed by atoms with Crippen molar-refractivity contribution in [2.24, 2.45) is 0 Å². The minimum atomic E-state index is -4.43. The SMILES string of the molecule is CCCCCN(Cc1cccn1Cc1cccc(C(F)(F)F)c1)C(=O)Nc1ccc(F)c(F)c1. The van der Waals surface area contributed by atoms with Crippen molar-refractivity contribution >= 4 is 11.7 Å². The quantitative estimate of drug-likeness (QED) is 0.259. The van der Waals surface area contributed by atoms with Crippen molar-refractivity contribution < 1.29 is 26.7 Å². The maximum absolute atomic E-state index is 13.5. The summed E-state index contributed by atoms with van der Waals surface area (Å²) in [5.74, 6) is -2.07. The van der Waals surface area contributed by atoms with Gasteiger partial charge in [0.2, 0.25) is 0 Å². The summed E-state index contributed by atoms with van der Waals surface area (Å²) in [5, 5.41) is 2.59. The molecule has 34 heavy (non-hydrogen) atoms. The molecule has 0 aliphatic rings. The predicted octanol–water partition coefficient (Wildman–Crippen LogP) is 7.06. The van der Waals surface area contributed by atoms with Gasteiger partial charge in [-0.05, 0) is 48.4 Å². The van der Waals surface area contributed by atoms with E-state index in [9.17, 15) is 26.7 Å². The highest BCUT2D eigenvalue weighted by molar-refractivity contribution is 5.89. The molecule has 3 aromatic rings. The lowest BCUT2D eigenvalue weighted by Crippen LogP contribution is -2.36. The van der Waals surface area contributed by atoms with Gasteiger partial charge in [-0.25, -0.2) is 13.6 Å². The number of halogens is 5. The van der Waals surface area contributed by atoms with E-state index in [-0.39, 0.29) is 18.8 Å². The third-order valence-corrected chi connectivity index (χ3v) is 5.37. The van der Waals surface area contributed by atoms with Gasteiger partial charge < -0.3 is 14.8 Å². The Balaban J connectivity index is 1.76. The van der Waals surface area contributed by atoms with Crippen LogP contribution in [0.25, 0.3) is 0 Å². The second-order valence-corrected chi connectivity index (χ2v) is 8.01. The number of urea groups is 1. The first-order valence-electron chi connectivity index (χ1n) is 11.0. The molecular weight excluding hydrogens is 453 g/mol. The third kappa shape index (κ3) is 6.82. The van der Waals surface area contributed by atoms with Gasteiger partial charge in [-0.3, -0.25) is 0 Å². The molecule has 0 unspecified atom stereocenters. The summed E-state index contributed by atoms with van der Waals surface area (Å²) in [4.78, 5) is 14.5. The van der Waals surface area contributed by atoms with Crippen LogP contribution < -0.4 is 5.32 Å². The van der Waals surface area contributed by atoms with Gasteiger partial charge in [0.25, 0.3) is 0 Å². The number of benzene rings is 2. The summed E-state index contributed by atoms with van der Waals surface area (Å²) >= 11 is 0. The molecule has 0 atom stereocenters. The molecule has 4 nitrogen and oxygen atoms in total. The molecule has 2 aromatic carbocycles. The fourth-order valence-electron chi connectivity index (χ4n) is 3.57. The van der Waals surface area contributed by atoms with Gasteiger partial charge >= 0.3 is 12.2 Å². The van der Waals surface area contributed by atoms with E-state index in [1.54, 1.807) is 33.9 Å². The Kier molecular flexibility index (Phi) is 8.31. The van der Waals surface area contributed by atoms with Crippen molar-refractivity contribution in [3.8, 4) is 0 Å². The minimum absolute atomic E-state index is 0.128. The highest BCUT2D eigenvalue weighted by atomic mass is 19.4. The van der Waals surface area contributed by atoms with Crippen LogP contribution in [0.15, 0.2) is 60.8 Å². The first kappa shape index (κ1) is 25.3. The van der Waals surface area contributed by atoms with Gasteiger partial charge in [0.15, 0.2) is 11.6 Å². The van der Waals surface area contributed by atoms with Crippen LogP contribution in [0.4, 0.5) is 32.4 Å². The molecule has 0 saturated carbocycles. The number of aromatic nitrogens is 1. The number of hydrogen-bond acceptors (Lipinski definition) is 1. The zero-order chi connectivity index (χ0) is 24.7. The summed E-state index contributed by atoms with van der Waals surface area (Å²) in [7, 11) is 0. The standard InChI is InChI=1S/C25H26F5N3O/c1-2-3-4-12-33(24(34)31-20-10-11-22(26)23(27)15-20)17-21-9-6-13-32(21)16-18-7-5-8-19(14-18)25(28,29)30/h5-11,13-15H,2-4,12,16-17H2,1H3,(H,31,34). The molecule has 1 aromatic heterocycles. The lowest BCUT2D eigenvalue weighted by molar-refractivity contribution is -0.137. The zero-order valence-electron chi connectivity index (χ0n) is 18.7. The Bertz CT molecular complexity index is 1110. The number of nitrogens with one attached hydrogen (secondary N) is 1. The van der Waals surface area contributed by atoms with Crippen LogP contribution in [0.5, 0.6) is 0 Å². The monoisotopic (exact) mass is 479 g/mol. The second-order valence-electron chi connectivity index (χ2n) is 8.01. The molecule has 0 saturated heterocycles. The van der Waals surface area contributed by atoms with Crippen molar-refractivity contribution in [1.29, 1.82) is 0 Å². The maximum atomic E-state index is 13.5. The van der Waals surface area contributed by atoms with E-state index in [0.717, 1.165) is 49.2 Å². The Labute approximate surface area is 195 Å². The molecule has 1 heterocycles. The number of carbonyl (C=O) groups excluding carboxylic acids is 1. The van der Waals surface area contributed by atoms with Gasteiger partial charge in [-0.1, -0.05) is 31.9 Å². The Morgan fingerprint density at radius 2 is 1.79 bits per heavy atom. The molecule has 0 aliphatic carbocycles. The average molecular weight is 479 g/mol. The van der Waals surface area contributed by atoms with Gasteiger partial charge in [-0.15, -0.1) is 0 Å². The van der Waals surface area contributed by atoms with E-state index in [1.807, 2.05) is 6.92 Å². The third-order valence-electron chi connectivity index (χ3n) is 5.37. The fourth-order valence-corrected chi connectivity index (χ4v) is 3.57. The maximum Gasteiger partial charge on any atom is 0.416 e. The largest absolute Gasteiger partial charge is 0.416 e. The Morgan fingerprint density at radius 1 is 1.00 bits per heavy atom. The van der Waals surface area contributed by atoms with Crippen LogP contribution in [0, 0.1) is 11.6 Å².